The molecule has 0 aliphatic carbocycles. The van der Waals surface area contributed by atoms with Crippen molar-refractivity contribution in [2.75, 3.05) is 5.32 Å². The van der Waals surface area contributed by atoms with Crippen molar-refractivity contribution < 1.29 is 9.90 Å². The number of ketones is 1. The molecule has 28 heavy (non-hydrogen) atoms. The summed E-state index contributed by atoms with van der Waals surface area (Å²) in [4.78, 5) is 13.7. The summed E-state index contributed by atoms with van der Waals surface area (Å²) in [6.45, 7) is 1.90. The number of nitrogens with one attached hydrogen (secondary N) is 1. The Morgan fingerprint density at radius 2 is 1.75 bits per heavy atom. The van der Waals surface area contributed by atoms with Crippen LogP contribution in [-0.4, -0.2) is 10.9 Å². The summed E-state index contributed by atoms with van der Waals surface area (Å²) in [5.74, 6) is -0.450. The lowest BCUT2D eigenvalue weighted by molar-refractivity contribution is 0.101. The number of benzene rings is 3. The van der Waals surface area contributed by atoms with E-state index in [1.54, 1.807) is 30.0 Å². The van der Waals surface area contributed by atoms with Gasteiger partial charge in [0.2, 0.25) is 0 Å². The van der Waals surface area contributed by atoms with Gasteiger partial charge < -0.3 is 10.4 Å². The highest BCUT2D eigenvalue weighted by Gasteiger charge is 2.13. The number of carbonyl (C=O) groups is 1. The van der Waals surface area contributed by atoms with Gasteiger partial charge >= 0.3 is 0 Å². The zero-order chi connectivity index (χ0) is 20.3. The molecule has 0 aromatic heterocycles. The number of Topliss-reactive ketones (excluding diaryl/α,β-unsaturated/α-hetero) is 1. The summed E-state index contributed by atoms with van der Waals surface area (Å²) in [6.07, 6.45) is 0. The Labute approximate surface area is 182 Å². The minimum Gasteiger partial charge on any atom is -0.506 e. The molecule has 0 radical (unpaired) electrons. The second-order valence-corrected chi connectivity index (χ2v) is 8.39. The van der Waals surface area contributed by atoms with Gasteiger partial charge in [0.25, 0.3) is 0 Å². The van der Waals surface area contributed by atoms with Crippen LogP contribution in [0.3, 0.4) is 0 Å². The van der Waals surface area contributed by atoms with E-state index in [9.17, 15) is 9.90 Å². The molecule has 3 rings (SSSR count). The lowest BCUT2D eigenvalue weighted by Crippen LogP contribution is -2.03. The topological polar surface area (TPSA) is 49.3 Å². The number of rotatable bonds is 6. The Morgan fingerprint density at radius 1 is 1.00 bits per heavy atom. The molecule has 0 atom stereocenters. The smallest absolute Gasteiger partial charge is 0.163 e. The molecule has 2 N–H and O–H groups in total. The Bertz CT molecular complexity index is 1040. The van der Waals surface area contributed by atoms with Crippen LogP contribution in [0.25, 0.3) is 0 Å². The fourth-order valence-electron chi connectivity index (χ4n) is 2.58. The summed E-state index contributed by atoms with van der Waals surface area (Å²) >= 11 is 19.7. The second-order valence-electron chi connectivity index (χ2n) is 6.05. The quantitative estimate of drug-likeness (QED) is 0.304. The van der Waals surface area contributed by atoms with Gasteiger partial charge in [-0.05, 0) is 48.9 Å². The molecule has 0 aliphatic rings. The number of anilines is 1. The third-order valence-electron chi connectivity index (χ3n) is 4.02. The molecular weight excluding hydrogens is 437 g/mol. The first-order valence-corrected chi connectivity index (χ1v) is 10.3. The molecule has 3 aromatic carbocycles. The molecule has 3 aromatic rings. The minimum absolute atomic E-state index is 0.133. The van der Waals surface area contributed by atoms with E-state index in [-0.39, 0.29) is 22.1 Å². The molecule has 0 heterocycles. The van der Waals surface area contributed by atoms with Gasteiger partial charge in [0.05, 0.1) is 20.6 Å². The zero-order valence-corrected chi connectivity index (χ0v) is 17.9. The van der Waals surface area contributed by atoms with Crippen molar-refractivity contribution in [2.24, 2.45) is 0 Å². The Kier molecular flexibility index (Phi) is 6.78. The van der Waals surface area contributed by atoms with Crippen molar-refractivity contribution in [2.45, 2.75) is 23.3 Å². The van der Waals surface area contributed by atoms with Gasteiger partial charge in [0, 0.05) is 22.0 Å². The average Bonchev–Trinajstić information content (AvgIpc) is 2.66. The number of carbonyl (C=O) groups excluding carboxylic acids is 1. The van der Waals surface area contributed by atoms with Gasteiger partial charge in [-0.15, -0.1) is 0 Å². The molecule has 0 unspecified atom stereocenters. The number of hydrogen-bond donors (Lipinski definition) is 2. The van der Waals surface area contributed by atoms with Gasteiger partial charge in [0.15, 0.2) is 5.78 Å². The first-order chi connectivity index (χ1) is 13.3. The molecule has 0 bridgehead atoms. The van der Waals surface area contributed by atoms with Gasteiger partial charge in [-0.3, -0.25) is 4.79 Å². The highest BCUT2D eigenvalue weighted by Crippen LogP contribution is 2.35. The number of phenolic OH excluding ortho intramolecular Hbond substituents is 1. The Hall–Kier alpha value is -1.85. The summed E-state index contributed by atoms with van der Waals surface area (Å²) in [6, 6.07) is 16.7. The number of halogens is 3. The van der Waals surface area contributed by atoms with E-state index in [0.717, 1.165) is 15.4 Å². The minimum atomic E-state index is -0.251. The molecule has 3 nitrogen and oxygen atoms in total. The number of aromatic hydroxyl groups is 1. The molecule has 0 fully saturated rings. The van der Waals surface area contributed by atoms with Crippen molar-refractivity contribution in [3.8, 4) is 5.75 Å². The van der Waals surface area contributed by atoms with Gasteiger partial charge in [-0.1, -0.05) is 64.8 Å². The maximum atomic E-state index is 11.7. The molecular formula is C21H16Cl3NO2S. The van der Waals surface area contributed by atoms with Crippen molar-refractivity contribution in [3.63, 3.8) is 0 Å². The lowest BCUT2D eigenvalue weighted by Gasteiger charge is -2.13. The van der Waals surface area contributed by atoms with Crippen molar-refractivity contribution in [1.29, 1.82) is 0 Å². The van der Waals surface area contributed by atoms with Crippen LogP contribution in [0.5, 0.6) is 5.75 Å². The maximum Gasteiger partial charge on any atom is 0.163 e. The van der Waals surface area contributed by atoms with E-state index >= 15 is 0 Å². The SMILES string of the molecule is CC(=O)c1cc(NCc2ccccc2Sc2ccc(Cl)c(Cl)c2)cc(Cl)c1O. The van der Waals surface area contributed by atoms with Crippen LogP contribution in [0.4, 0.5) is 5.69 Å². The standard InChI is InChI=1S/C21H16Cl3NO2S/c1-12(26)16-8-14(9-19(24)21(16)27)25-11-13-4-2-3-5-20(13)28-15-6-7-17(22)18(23)10-15/h2-10,25,27H,11H2,1H3. The molecule has 7 heteroatoms. The monoisotopic (exact) mass is 451 g/mol. The third-order valence-corrected chi connectivity index (χ3v) is 6.15. The number of hydrogen-bond acceptors (Lipinski definition) is 4. The van der Waals surface area contributed by atoms with Gasteiger partial charge in [-0.25, -0.2) is 0 Å². The highest BCUT2D eigenvalue weighted by molar-refractivity contribution is 7.99. The van der Waals surface area contributed by atoms with Crippen LogP contribution in [0, 0.1) is 0 Å². The van der Waals surface area contributed by atoms with E-state index in [4.69, 9.17) is 34.8 Å². The summed E-state index contributed by atoms with van der Waals surface area (Å²) < 4.78 is 0. The third kappa shape index (κ3) is 4.95. The maximum absolute atomic E-state index is 11.7. The molecule has 0 spiro atoms. The molecule has 0 saturated carbocycles. The zero-order valence-electron chi connectivity index (χ0n) is 14.8. The van der Waals surface area contributed by atoms with E-state index in [0.29, 0.717) is 22.3 Å². The Morgan fingerprint density at radius 3 is 2.46 bits per heavy atom. The van der Waals surface area contributed by atoms with Crippen molar-refractivity contribution in [1.82, 2.24) is 0 Å². The van der Waals surface area contributed by atoms with Crippen molar-refractivity contribution in [3.05, 3.63) is 80.8 Å². The van der Waals surface area contributed by atoms with Crippen LogP contribution >= 0.6 is 46.6 Å². The Balaban J connectivity index is 1.80. The first-order valence-electron chi connectivity index (χ1n) is 8.33. The van der Waals surface area contributed by atoms with Gasteiger partial charge in [0.1, 0.15) is 5.75 Å². The fraction of sp³-hybridized carbons (Fsp3) is 0.0952. The molecule has 0 aliphatic heterocycles. The molecule has 0 saturated heterocycles. The van der Waals surface area contributed by atoms with E-state index in [1.807, 2.05) is 36.4 Å². The van der Waals surface area contributed by atoms with E-state index in [1.165, 1.54) is 6.92 Å². The lowest BCUT2D eigenvalue weighted by atomic mass is 10.1. The van der Waals surface area contributed by atoms with Crippen LogP contribution in [-0.2, 0) is 6.54 Å². The predicted molar refractivity (Wildman–Crippen MR) is 117 cm³/mol. The van der Waals surface area contributed by atoms with Crippen molar-refractivity contribution >= 4 is 58.0 Å². The van der Waals surface area contributed by atoms with E-state index in [2.05, 4.69) is 5.32 Å². The average molecular weight is 453 g/mol. The second kappa shape index (κ2) is 9.10. The normalized spacial score (nSPS) is 10.7. The van der Waals surface area contributed by atoms with Crippen LogP contribution in [0.2, 0.25) is 15.1 Å². The fourth-order valence-corrected chi connectivity index (χ4v) is 4.15. The predicted octanol–water partition coefficient (Wildman–Crippen LogP) is 7.32. The summed E-state index contributed by atoms with van der Waals surface area (Å²) in [7, 11) is 0. The first kappa shape index (κ1) is 20.9. The van der Waals surface area contributed by atoms with Crippen LogP contribution < -0.4 is 5.32 Å². The highest BCUT2D eigenvalue weighted by atomic mass is 35.5. The number of phenols is 1. The summed E-state index contributed by atoms with van der Waals surface area (Å²) in [5, 5.41) is 14.4. The van der Waals surface area contributed by atoms with E-state index < -0.39 is 0 Å². The molecule has 144 valence electrons. The van der Waals surface area contributed by atoms with Gasteiger partial charge in [-0.2, -0.15) is 0 Å². The van der Waals surface area contributed by atoms with Crippen LogP contribution in [0.15, 0.2) is 64.4 Å². The summed E-state index contributed by atoms with van der Waals surface area (Å²) in [5.41, 5.74) is 1.91. The van der Waals surface area contributed by atoms with Crippen LogP contribution in [0.1, 0.15) is 22.8 Å². The molecule has 0 amide bonds. The largest absolute Gasteiger partial charge is 0.506 e.